The zero-order valence-corrected chi connectivity index (χ0v) is 14.8. The number of ether oxygens (including phenoxy) is 1. The zero-order valence-electron chi connectivity index (χ0n) is 14.0. The third-order valence-electron chi connectivity index (χ3n) is 4.22. The quantitative estimate of drug-likeness (QED) is 0.868. The van der Waals surface area contributed by atoms with Crippen molar-refractivity contribution >= 4 is 17.2 Å². The van der Waals surface area contributed by atoms with Crippen LogP contribution in [-0.2, 0) is 4.74 Å². The van der Waals surface area contributed by atoms with E-state index in [4.69, 9.17) is 9.15 Å². The van der Waals surface area contributed by atoms with Gasteiger partial charge in [0.15, 0.2) is 10.8 Å². The number of furan rings is 1. The summed E-state index contributed by atoms with van der Waals surface area (Å²) < 4.78 is 10.7. The van der Waals surface area contributed by atoms with Crippen LogP contribution in [0.2, 0.25) is 0 Å². The summed E-state index contributed by atoms with van der Waals surface area (Å²) in [6, 6.07) is 3.96. The van der Waals surface area contributed by atoms with Gasteiger partial charge in [-0.1, -0.05) is 13.8 Å². The van der Waals surface area contributed by atoms with Gasteiger partial charge in [-0.15, -0.1) is 11.3 Å². The molecule has 0 bridgehead atoms. The maximum absolute atomic E-state index is 12.4. The molecule has 3 rings (SSSR count). The number of nitrogens with one attached hydrogen (secondary N) is 1. The molecule has 2 aromatic heterocycles. The molecule has 0 spiro atoms. The number of carbonyl (C=O) groups excluding carboxylic acids is 1. The van der Waals surface area contributed by atoms with Crippen LogP contribution in [-0.4, -0.2) is 54.7 Å². The Labute approximate surface area is 145 Å². The summed E-state index contributed by atoms with van der Waals surface area (Å²) in [7, 11) is 0. The maximum Gasteiger partial charge on any atom is 0.270 e. The number of morpholine rings is 1. The molecule has 6 nitrogen and oxygen atoms in total. The van der Waals surface area contributed by atoms with E-state index < -0.39 is 0 Å². The van der Waals surface area contributed by atoms with Crippen LogP contribution < -0.4 is 5.32 Å². The van der Waals surface area contributed by atoms with Crippen LogP contribution in [0.4, 0.5) is 0 Å². The van der Waals surface area contributed by atoms with E-state index in [1.165, 1.54) is 11.3 Å². The van der Waals surface area contributed by atoms with Crippen molar-refractivity contribution in [3.05, 3.63) is 29.5 Å². The molecule has 1 N–H and O–H groups in total. The predicted octanol–water partition coefficient (Wildman–Crippen LogP) is 2.49. The second-order valence-corrected chi connectivity index (χ2v) is 7.04. The Morgan fingerprint density at radius 2 is 2.21 bits per heavy atom. The Kier molecular flexibility index (Phi) is 5.65. The van der Waals surface area contributed by atoms with Crippen LogP contribution in [0.25, 0.3) is 10.8 Å². The largest absolute Gasteiger partial charge is 0.462 e. The summed E-state index contributed by atoms with van der Waals surface area (Å²) in [5, 5.41) is 5.52. The number of carbonyl (C=O) groups is 1. The molecule has 1 amide bonds. The summed E-state index contributed by atoms with van der Waals surface area (Å²) in [4.78, 5) is 19.2. The van der Waals surface area contributed by atoms with Gasteiger partial charge >= 0.3 is 0 Å². The zero-order chi connectivity index (χ0) is 16.9. The van der Waals surface area contributed by atoms with Crippen molar-refractivity contribution in [2.24, 2.45) is 5.92 Å². The molecule has 1 saturated heterocycles. The first-order valence-electron chi connectivity index (χ1n) is 8.24. The molecule has 1 atom stereocenters. The lowest BCUT2D eigenvalue weighted by Crippen LogP contribution is -2.51. The summed E-state index contributed by atoms with van der Waals surface area (Å²) >= 11 is 1.41. The van der Waals surface area contributed by atoms with Gasteiger partial charge in [-0.2, -0.15) is 0 Å². The lowest BCUT2D eigenvalue weighted by atomic mass is 10.0. The minimum Gasteiger partial charge on any atom is -0.462 e. The Hall–Kier alpha value is -1.70. The van der Waals surface area contributed by atoms with Crippen LogP contribution in [0.15, 0.2) is 28.2 Å². The molecule has 7 heteroatoms. The van der Waals surface area contributed by atoms with Gasteiger partial charge in [0.1, 0.15) is 5.69 Å². The molecule has 1 aliphatic heterocycles. The standard InChI is InChI=1S/C17H23N3O3S/c1-12(2)14(20-5-8-22-9-6-20)10-18-16(21)13-11-24-17(19-13)15-4-3-7-23-15/h3-4,7,11-12,14H,5-6,8-10H2,1-2H3,(H,18,21)/t14-/m1/s1. The van der Waals surface area contributed by atoms with Gasteiger partial charge < -0.3 is 14.5 Å². The van der Waals surface area contributed by atoms with Gasteiger partial charge in [0.05, 0.1) is 19.5 Å². The number of nitrogens with zero attached hydrogens (tertiary/aromatic N) is 2. The van der Waals surface area contributed by atoms with E-state index in [0.717, 1.165) is 31.3 Å². The van der Waals surface area contributed by atoms with E-state index in [-0.39, 0.29) is 5.91 Å². The molecule has 0 aromatic carbocycles. The maximum atomic E-state index is 12.4. The third-order valence-corrected chi connectivity index (χ3v) is 5.08. The highest BCUT2D eigenvalue weighted by Crippen LogP contribution is 2.23. The van der Waals surface area contributed by atoms with Crippen molar-refractivity contribution in [1.82, 2.24) is 15.2 Å². The fraction of sp³-hybridized carbons (Fsp3) is 0.529. The highest BCUT2D eigenvalue weighted by Gasteiger charge is 2.24. The van der Waals surface area contributed by atoms with Gasteiger partial charge in [-0.05, 0) is 18.1 Å². The van der Waals surface area contributed by atoms with Gasteiger partial charge in [0.25, 0.3) is 5.91 Å². The second kappa shape index (κ2) is 7.92. The molecule has 0 aliphatic carbocycles. The summed E-state index contributed by atoms with van der Waals surface area (Å²) in [5.74, 6) is 1.01. The van der Waals surface area contributed by atoms with E-state index in [1.807, 2.05) is 12.1 Å². The second-order valence-electron chi connectivity index (χ2n) is 6.18. The number of aromatic nitrogens is 1. The minimum absolute atomic E-state index is 0.136. The topological polar surface area (TPSA) is 67.6 Å². The molecular formula is C17H23N3O3S. The Bertz CT molecular complexity index is 648. The van der Waals surface area contributed by atoms with E-state index in [9.17, 15) is 4.79 Å². The van der Waals surface area contributed by atoms with E-state index in [1.54, 1.807) is 11.6 Å². The number of thiazole rings is 1. The van der Waals surface area contributed by atoms with Crippen LogP contribution in [0, 0.1) is 5.92 Å². The highest BCUT2D eigenvalue weighted by molar-refractivity contribution is 7.13. The molecule has 0 radical (unpaired) electrons. The summed E-state index contributed by atoms with van der Waals surface area (Å²) in [6.45, 7) is 8.33. The van der Waals surface area contributed by atoms with Gasteiger partial charge in [-0.25, -0.2) is 4.98 Å². The molecule has 130 valence electrons. The fourth-order valence-electron chi connectivity index (χ4n) is 2.87. The van der Waals surface area contributed by atoms with Crippen molar-refractivity contribution in [1.29, 1.82) is 0 Å². The number of rotatable bonds is 6. The van der Waals surface area contributed by atoms with Gasteiger partial charge in [0.2, 0.25) is 0 Å². The normalized spacial score (nSPS) is 17.1. The van der Waals surface area contributed by atoms with Crippen LogP contribution >= 0.6 is 11.3 Å². The smallest absolute Gasteiger partial charge is 0.270 e. The summed E-state index contributed by atoms with van der Waals surface area (Å²) in [5.41, 5.74) is 0.441. The van der Waals surface area contributed by atoms with Gasteiger partial charge in [-0.3, -0.25) is 9.69 Å². The van der Waals surface area contributed by atoms with Gasteiger partial charge in [0, 0.05) is 31.1 Å². The van der Waals surface area contributed by atoms with E-state index in [0.29, 0.717) is 30.0 Å². The molecule has 24 heavy (non-hydrogen) atoms. The first kappa shape index (κ1) is 17.1. The van der Waals surface area contributed by atoms with Crippen molar-refractivity contribution in [3.8, 4) is 10.8 Å². The Morgan fingerprint density at radius 1 is 1.42 bits per heavy atom. The van der Waals surface area contributed by atoms with E-state index >= 15 is 0 Å². The van der Waals surface area contributed by atoms with Crippen molar-refractivity contribution in [2.75, 3.05) is 32.8 Å². The number of hydrogen-bond donors (Lipinski definition) is 1. The molecule has 0 saturated carbocycles. The first-order chi connectivity index (χ1) is 11.6. The minimum atomic E-state index is -0.136. The fourth-order valence-corrected chi connectivity index (χ4v) is 3.64. The van der Waals surface area contributed by atoms with Crippen molar-refractivity contribution in [2.45, 2.75) is 19.9 Å². The lowest BCUT2D eigenvalue weighted by Gasteiger charge is -2.36. The summed E-state index contributed by atoms with van der Waals surface area (Å²) in [6.07, 6.45) is 1.60. The van der Waals surface area contributed by atoms with E-state index in [2.05, 4.69) is 29.0 Å². The third kappa shape index (κ3) is 4.03. The number of hydrogen-bond acceptors (Lipinski definition) is 6. The van der Waals surface area contributed by atoms with Crippen molar-refractivity contribution < 1.29 is 13.9 Å². The monoisotopic (exact) mass is 349 g/mol. The predicted molar refractivity (Wildman–Crippen MR) is 93.2 cm³/mol. The highest BCUT2D eigenvalue weighted by atomic mass is 32.1. The van der Waals surface area contributed by atoms with Crippen LogP contribution in [0.5, 0.6) is 0 Å². The molecule has 2 aromatic rings. The number of amides is 1. The molecule has 1 fully saturated rings. The lowest BCUT2D eigenvalue weighted by molar-refractivity contribution is 0.00671. The Morgan fingerprint density at radius 3 is 2.88 bits per heavy atom. The SMILES string of the molecule is CC(C)[C@@H](CNC(=O)c1csc(-c2ccco2)n1)N1CCOCC1. The Balaban J connectivity index is 1.59. The molecule has 1 aliphatic rings. The first-order valence-corrected chi connectivity index (χ1v) is 9.12. The molecular weight excluding hydrogens is 326 g/mol. The molecule has 0 unspecified atom stereocenters. The average Bonchev–Trinajstić information content (AvgIpc) is 3.27. The average molecular weight is 349 g/mol. The van der Waals surface area contributed by atoms with Crippen molar-refractivity contribution in [3.63, 3.8) is 0 Å². The molecule has 3 heterocycles. The van der Waals surface area contributed by atoms with Crippen LogP contribution in [0.1, 0.15) is 24.3 Å². The van der Waals surface area contributed by atoms with Crippen LogP contribution in [0.3, 0.4) is 0 Å².